The van der Waals surface area contributed by atoms with E-state index in [0.29, 0.717) is 17.1 Å². The summed E-state index contributed by atoms with van der Waals surface area (Å²) in [6, 6.07) is 7.01. The molecule has 0 unspecified atom stereocenters. The number of phenolic OH excluding ortho intramolecular Hbond substituents is 1. The van der Waals surface area contributed by atoms with Crippen molar-refractivity contribution in [2.24, 2.45) is 5.73 Å². The van der Waals surface area contributed by atoms with Crippen LogP contribution in [-0.4, -0.2) is 20.3 Å². The number of hydrogen-bond donors (Lipinski definition) is 2. The number of para-hydroxylation sites is 1. The molecule has 0 aliphatic heterocycles. The maximum atomic E-state index is 9.75. The van der Waals surface area contributed by atoms with E-state index < -0.39 is 5.54 Å². The lowest BCUT2D eigenvalue weighted by Crippen LogP contribution is -2.22. The standard InChI is InChI=1S/C12H12N4O/c13-12(5-6-12)11-15-9(7-14-16-11)8-3-1-2-4-10(8)17/h1-4,7,17H,5-6,13H2. The van der Waals surface area contributed by atoms with E-state index in [4.69, 9.17) is 5.73 Å². The third-order valence-corrected chi connectivity index (χ3v) is 2.97. The highest BCUT2D eigenvalue weighted by molar-refractivity contribution is 5.65. The Morgan fingerprint density at radius 2 is 2.00 bits per heavy atom. The zero-order valence-electron chi connectivity index (χ0n) is 9.17. The Morgan fingerprint density at radius 3 is 2.71 bits per heavy atom. The summed E-state index contributed by atoms with van der Waals surface area (Å²) < 4.78 is 0. The molecule has 0 saturated heterocycles. The number of rotatable bonds is 2. The molecule has 0 bridgehead atoms. The van der Waals surface area contributed by atoms with Crippen LogP contribution in [0.25, 0.3) is 11.3 Å². The van der Waals surface area contributed by atoms with Gasteiger partial charge in [0, 0.05) is 5.56 Å². The molecule has 2 aromatic rings. The van der Waals surface area contributed by atoms with E-state index in [0.717, 1.165) is 12.8 Å². The number of benzene rings is 1. The highest BCUT2D eigenvalue weighted by Crippen LogP contribution is 2.41. The molecular formula is C12H12N4O. The Morgan fingerprint density at radius 1 is 1.24 bits per heavy atom. The highest BCUT2D eigenvalue weighted by Gasteiger charge is 2.43. The lowest BCUT2D eigenvalue weighted by molar-refractivity contribution is 0.477. The molecule has 1 fully saturated rings. The molecule has 3 rings (SSSR count). The fourth-order valence-electron chi connectivity index (χ4n) is 1.69. The van der Waals surface area contributed by atoms with Crippen molar-refractivity contribution in [2.75, 3.05) is 0 Å². The molecule has 1 aliphatic rings. The molecule has 3 N–H and O–H groups in total. The lowest BCUT2D eigenvalue weighted by Gasteiger charge is -2.08. The van der Waals surface area contributed by atoms with Gasteiger partial charge in [0.1, 0.15) is 5.75 Å². The molecule has 0 radical (unpaired) electrons. The summed E-state index contributed by atoms with van der Waals surface area (Å²) in [5.74, 6) is 0.735. The van der Waals surface area contributed by atoms with Crippen LogP contribution in [0.5, 0.6) is 5.75 Å². The second-order valence-corrected chi connectivity index (χ2v) is 4.34. The summed E-state index contributed by atoms with van der Waals surface area (Å²) >= 11 is 0. The van der Waals surface area contributed by atoms with Crippen LogP contribution in [0.1, 0.15) is 18.7 Å². The Labute approximate surface area is 98.3 Å². The monoisotopic (exact) mass is 228 g/mol. The van der Waals surface area contributed by atoms with E-state index in [1.807, 2.05) is 6.07 Å². The molecule has 1 heterocycles. The van der Waals surface area contributed by atoms with Crippen molar-refractivity contribution < 1.29 is 5.11 Å². The molecule has 0 amide bonds. The molecule has 0 atom stereocenters. The van der Waals surface area contributed by atoms with Crippen LogP contribution in [0.15, 0.2) is 30.5 Å². The minimum absolute atomic E-state index is 0.181. The van der Waals surface area contributed by atoms with Crippen molar-refractivity contribution in [2.45, 2.75) is 18.4 Å². The lowest BCUT2D eigenvalue weighted by atomic mass is 10.1. The van der Waals surface area contributed by atoms with E-state index in [-0.39, 0.29) is 5.75 Å². The van der Waals surface area contributed by atoms with Gasteiger partial charge in [-0.15, -0.1) is 5.10 Å². The van der Waals surface area contributed by atoms with E-state index in [9.17, 15) is 5.11 Å². The second kappa shape index (κ2) is 3.49. The van der Waals surface area contributed by atoms with Gasteiger partial charge in [0.05, 0.1) is 17.4 Å². The zero-order chi connectivity index (χ0) is 11.9. The predicted molar refractivity (Wildman–Crippen MR) is 62.0 cm³/mol. The van der Waals surface area contributed by atoms with Gasteiger partial charge in [0.25, 0.3) is 0 Å². The van der Waals surface area contributed by atoms with Crippen LogP contribution in [-0.2, 0) is 5.54 Å². The highest BCUT2D eigenvalue weighted by atomic mass is 16.3. The SMILES string of the molecule is NC1(c2nncc(-c3ccccc3O)n2)CC1. The maximum Gasteiger partial charge on any atom is 0.171 e. The van der Waals surface area contributed by atoms with Gasteiger partial charge in [-0.05, 0) is 25.0 Å². The summed E-state index contributed by atoms with van der Waals surface area (Å²) in [5, 5.41) is 17.6. The Kier molecular flexibility index (Phi) is 2.09. The average molecular weight is 228 g/mol. The minimum Gasteiger partial charge on any atom is -0.507 e. The molecule has 1 aromatic heterocycles. The van der Waals surface area contributed by atoms with Crippen molar-refractivity contribution in [3.63, 3.8) is 0 Å². The smallest absolute Gasteiger partial charge is 0.171 e. The van der Waals surface area contributed by atoms with Crippen LogP contribution in [0.4, 0.5) is 0 Å². The van der Waals surface area contributed by atoms with Gasteiger partial charge in [-0.2, -0.15) is 5.10 Å². The van der Waals surface area contributed by atoms with Crippen LogP contribution < -0.4 is 5.73 Å². The average Bonchev–Trinajstić information content (AvgIpc) is 3.10. The summed E-state index contributed by atoms with van der Waals surface area (Å²) in [6.07, 6.45) is 3.31. The van der Waals surface area contributed by atoms with Gasteiger partial charge >= 0.3 is 0 Å². The normalized spacial score (nSPS) is 16.8. The Bertz CT molecular complexity index is 566. The first-order valence-electron chi connectivity index (χ1n) is 5.46. The van der Waals surface area contributed by atoms with Gasteiger partial charge in [-0.3, -0.25) is 0 Å². The van der Waals surface area contributed by atoms with Gasteiger partial charge < -0.3 is 10.8 Å². The van der Waals surface area contributed by atoms with Crippen molar-refractivity contribution in [3.05, 3.63) is 36.3 Å². The van der Waals surface area contributed by atoms with Crippen molar-refractivity contribution in [3.8, 4) is 17.0 Å². The fourth-order valence-corrected chi connectivity index (χ4v) is 1.69. The number of aromatic hydroxyl groups is 1. The van der Waals surface area contributed by atoms with E-state index in [2.05, 4.69) is 15.2 Å². The third-order valence-electron chi connectivity index (χ3n) is 2.97. The maximum absolute atomic E-state index is 9.75. The van der Waals surface area contributed by atoms with Crippen LogP contribution >= 0.6 is 0 Å². The molecule has 5 heteroatoms. The summed E-state index contributed by atoms with van der Waals surface area (Å²) in [7, 11) is 0. The van der Waals surface area contributed by atoms with Crippen LogP contribution in [0, 0.1) is 0 Å². The molecule has 1 aliphatic carbocycles. The van der Waals surface area contributed by atoms with Gasteiger partial charge in [0.2, 0.25) is 0 Å². The minimum atomic E-state index is -0.409. The Balaban J connectivity index is 2.07. The van der Waals surface area contributed by atoms with Gasteiger partial charge in [0.15, 0.2) is 5.82 Å². The number of aromatic nitrogens is 3. The molecule has 17 heavy (non-hydrogen) atoms. The van der Waals surface area contributed by atoms with Crippen molar-refractivity contribution >= 4 is 0 Å². The first kappa shape index (κ1) is 10.2. The summed E-state index contributed by atoms with van der Waals surface area (Å²) in [4.78, 5) is 4.38. The van der Waals surface area contributed by atoms with Crippen LogP contribution in [0.2, 0.25) is 0 Å². The number of phenols is 1. The predicted octanol–water partition coefficient (Wildman–Crippen LogP) is 1.19. The fraction of sp³-hybridized carbons (Fsp3) is 0.250. The summed E-state index contributed by atoms with van der Waals surface area (Å²) in [6.45, 7) is 0. The molecule has 86 valence electrons. The number of nitrogens with zero attached hydrogens (tertiary/aromatic N) is 3. The van der Waals surface area contributed by atoms with E-state index in [1.54, 1.807) is 18.2 Å². The number of hydrogen-bond acceptors (Lipinski definition) is 5. The first-order valence-corrected chi connectivity index (χ1v) is 5.46. The van der Waals surface area contributed by atoms with Gasteiger partial charge in [-0.25, -0.2) is 4.98 Å². The molecular weight excluding hydrogens is 216 g/mol. The first-order chi connectivity index (χ1) is 8.19. The number of nitrogens with two attached hydrogens (primary N) is 1. The van der Waals surface area contributed by atoms with Crippen molar-refractivity contribution in [1.29, 1.82) is 0 Å². The van der Waals surface area contributed by atoms with Crippen LogP contribution in [0.3, 0.4) is 0 Å². The molecule has 1 saturated carbocycles. The summed E-state index contributed by atoms with van der Waals surface area (Å²) in [5.41, 5.74) is 6.86. The largest absolute Gasteiger partial charge is 0.507 e. The van der Waals surface area contributed by atoms with E-state index in [1.165, 1.54) is 6.20 Å². The molecule has 1 aromatic carbocycles. The quantitative estimate of drug-likeness (QED) is 0.806. The molecule has 5 nitrogen and oxygen atoms in total. The zero-order valence-corrected chi connectivity index (χ0v) is 9.17. The Hall–Kier alpha value is -2.01. The molecule has 0 spiro atoms. The topological polar surface area (TPSA) is 84.9 Å². The van der Waals surface area contributed by atoms with E-state index >= 15 is 0 Å². The third kappa shape index (κ3) is 1.74. The van der Waals surface area contributed by atoms with Crippen molar-refractivity contribution in [1.82, 2.24) is 15.2 Å². The van der Waals surface area contributed by atoms with Gasteiger partial charge in [-0.1, -0.05) is 12.1 Å². The second-order valence-electron chi connectivity index (χ2n) is 4.34.